The highest BCUT2D eigenvalue weighted by atomic mass is 16.2. The smallest absolute Gasteiger partial charge is 0.274 e. The Hall–Kier alpha value is -2.30. The van der Waals surface area contributed by atoms with E-state index < -0.39 is 0 Å². The fourth-order valence-electron chi connectivity index (χ4n) is 2.50. The minimum atomic E-state index is -0.0487. The zero-order chi connectivity index (χ0) is 13.1. The molecule has 1 saturated heterocycles. The van der Waals surface area contributed by atoms with E-state index in [0.717, 1.165) is 24.9 Å². The third kappa shape index (κ3) is 2.31. The lowest BCUT2D eigenvalue weighted by atomic mass is 10.1. The largest absolute Gasteiger partial charge is 0.330 e. The van der Waals surface area contributed by atoms with Gasteiger partial charge < -0.3 is 4.90 Å². The predicted molar refractivity (Wildman–Crippen MR) is 69.3 cm³/mol. The van der Waals surface area contributed by atoms with Gasteiger partial charge in [-0.25, -0.2) is 4.98 Å². The molecule has 2 aromatic heterocycles. The minimum absolute atomic E-state index is 0.0487. The van der Waals surface area contributed by atoms with E-state index >= 15 is 0 Å². The van der Waals surface area contributed by atoms with Crippen molar-refractivity contribution in [3.05, 3.63) is 54.4 Å². The van der Waals surface area contributed by atoms with Crippen LogP contribution in [0.25, 0.3) is 0 Å². The Kier molecular flexibility index (Phi) is 3.18. The summed E-state index contributed by atoms with van der Waals surface area (Å²) in [5, 5.41) is 0. The Labute approximate surface area is 111 Å². The lowest BCUT2D eigenvalue weighted by Gasteiger charge is -2.24. The molecule has 0 bridgehead atoms. The average Bonchev–Trinajstić information content (AvgIpc) is 2.98. The third-order valence-electron chi connectivity index (χ3n) is 3.39. The number of carbonyl (C=O) groups is 1. The predicted octanol–water partition coefficient (Wildman–Crippen LogP) is 1.85. The highest BCUT2D eigenvalue weighted by molar-refractivity contribution is 5.92. The zero-order valence-electron chi connectivity index (χ0n) is 10.4. The topological polar surface area (TPSA) is 59.0 Å². The highest BCUT2D eigenvalue weighted by Crippen LogP contribution is 2.32. The van der Waals surface area contributed by atoms with Crippen LogP contribution in [0.1, 0.15) is 34.9 Å². The van der Waals surface area contributed by atoms with Gasteiger partial charge >= 0.3 is 0 Å². The summed E-state index contributed by atoms with van der Waals surface area (Å²) in [4.78, 5) is 26.4. The molecule has 0 saturated carbocycles. The summed E-state index contributed by atoms with van der Waals surface area (Å²) < 4.78 is 0. The first-order chi connectivity index (χ1) is 9.36. The number of nitrogens with zero attached hydrogens (tertiary/aromatic N) is 4. The molecule has 1 fully saturated rings. The molecule has 96 valence electrons. The van der Waals surface area contributed by atoms with Crippen molar-refractivity contribution in [1.29, 1.82) is 0 Å². The number of likely N-dealkylation sites (tertiary alicyclic amines) is 1. The molecule has 2 aromatic rings. The van der Waals surface area contributed by atoms with Crippen molar-refractivity contribution in [2.75, 3.05) is 6.54 Å². The van der Waals surface area contributed by atoms with Crippen LogP contribution in [-0.2, 0) is 0 Å². The van der Waals surface area contributed by atoms with Crippen molar-refractivity contribution in [2.45, 2.75) is 18.9 Å². The van der Waals surface area contributed by atoms with Crippen molar-refractivity contribution >= 4 is 5.91 Å². The van der Waals surface area contributed by atoms with Gasteiger partial charge in [0.05, 0.1) is 12.2 Å². The van der Waals surface area contributed by atoms with Gasteiger partial charge in [-0.05, 0) is 30.5 Å². The normalized spacial score (nSPS) is 18.5. The van der Waals surface area contributed by atoms with Crippen LogP contribution >= 0.6 is 0 Å². The standard InChI is InChI=1S/C14H14N4O/c19-14(12-10-16-7-8-17-12)18-9-1-2-13(18)11-3-5-15-6-4-11/h3-8,10,13H,1-2,9H2/t13-/m1/s1. The van der Waals surface area contributed by atoms with Crippen molar-refractivity contribution in [2.24, 2.45) is 0 Å². The number of carbonyl (C=O) groups excluding carboxylic acids is 1. The quantitative estimate of drug-likeness (QED) is 0.820. The van der Waals surface area contributed by atoms with Gasteiger partial charge in [-0.3, -0.25) is 14.8 Å². The highest BCUT2D eigenvalue weighted by Gasteiger charge is 2.31. The van der Waals surface area contributed by atoms with Crippen LogP contribution in [0.2, 0.25) is 0 Å². The van der Waals surface area contributed by atoms with Crippen molar-refractivity contribution < 1.29 is 4.79 Å². The van der Waals surface area contributed by atoms with Crippen LogP contribution in [-0.4, -0.2) is 32.3 Å². The van der Waals surface area contributed by atoms with Crippen LogP contribution < -0.4 is 0 Å². The van der Waals surface area contributed by atoms with Gasteiger partial charge in [0.2, 0.25) is 0 Å². The van der Waals surface area contributed by atoms with Crippen LogP contribution in [0.4, 0.5) is 0 Å². The summed E-state index contributed by atoms with van der Waals surface area (Å²) in [7, 11) is 0. The van der Waals surface area contributed by atoms with E-state index in [1.165, 1.54) is 6.20 Å². The fraction of sp³-hybridized carbons (Fsp3) is 0.286. The maximum Gasteiger partial charge on any atom is 0.274 e. The molecule has 19 heavy (non-hydrogen) atoms. The number of rotatable bonds is 2. The second-order valence-electron chi connectivity index (χ2n) is 4.53. The van der Waals surface area contributed by atoms with Crippen molar-refractivity contribution in [3.63, 3.8) is 0 Å². The van der Waals surface area contributed by atoms with Crippen molar-refractivity contribution in [1.82, 2.24) is 19.9 Å². The molecule has 0 aliphatic carbocycles. The van der Waals surface area contributed by atoms with Crippen LogP contribution in [0, 0.1) is 0 Å². The van der Waals surface area contributed by atoms with Gasteiger partial charge in [-0.1, -0.05) is 0 Å². The summed E-state index contributed by atoms with van der Waals surface area (Å²) in [6.07, 6.45) is 10.2. The van der Waals surface area contributed by atoms with E-state index in [-0.39, 0.29) is 11.9 Å². The summed E-state index contributed by atoms with van der Waals surface area (Å²) in [6, 6.07) is 4.05. The number of hydrogen-bond acceptors (Lipinski definition) is 4. The van der Waals surface area contributed by atoms with E-state index in [4.69, 9.17) is 0 Å². The van der Waals surface area contributed by atoms with Crippen LogP contribution in [0.15, 0.2) is 43.1 Å². The lowest BCUT2D eigenvalue weighted by molar-refractivity contribution is 0.0729. The number of pyridine rings is 1. The minimum Gasteiger partial charge on any atom is -0.330 e. The second-order valence-corrected chi connectivity index (χ2v) is 4.53. The van der Waals surface area contributed by atoms with Gasteiger partial charge in [-0.15, -0.1) is 0 Å². The second kappa shape index (κ2) is 5.14. The summed E-state index contributed by atoms with van der Waals surface area (Å²) in [5.74, 6) is -0.0487. The summed E-state index contributed by atoms with van der Waals surface area (Å²) in [6.45, 7) is 0.766. The molecule has 3 rings (SSSR count). The SMILES string of the molecule is O=C(c1cnccn1)N1CCC[C@@H]1c1ccncc1. The Bertz CT molecular complexity index is 558. The van der Waals surface area contributed by atoms with Gasteiger partial charge in [0, 0.05) is 31.3 Å². The van der Waals surface area contributed by atoms with Crippen LogP contribution in [0.5, 0.6) is 0 Å². The van der Waals surface area contributed by atoms with Gasteiger partial charge in [0.25, 0.3) is 5.91 Å². The van der Waals surface area contributed by atoms with Gasteiger partial charge in [-0.2, -0.15) is 0 Å². The molecule has 5 nitrogen and oxygen atoms in total. The molecule has 0 aromatic carbocycles. The Morgan fingerprint density at radius 3 is 2.74 bits per heavy atom. The molecule has 1 atom stereocenters. The van der Waals surface area contributed by atoms with E-state index in [1.54, 1.807) is 24.8 Å². The Balaban J connectivity index is 1.86. The number of hydrogen-bond donors (Lipinski definition) is 0. The monoisotopic (exact) mass is 254 g/mol. The Morgan fingerprint density at radius 2 is 2.00 bits per heavy atom. The molecule has 1 aliphatic rings. The van der Waals surface area contributed by atoms with Gasteiger partial charge in [0.1, 0.15) is 5.69 Å². The molecule has 5 heteroatoms. The first kappa shape index (κ1) is 11.8. The zero-order valence-corrected chi connectivity index (χ0v) is 10.4. The maximum absolute atomic E-state index is 12.4. The maximum atomic E-state index is 12.4. The van der Waals surface area contributed by atoms with E-state index in [2.05, 4.69) is 15.0 Å². The summed E-state index contributed by atoms with van der Waals surface area (Å²) >= 11 is 0. The van der Waals surface area contributed by atoms with E-state index in [0.29, 0.717) is 5.69 Å². The third-order valence-corrected chi connectivity index (χ3v) is 3.39. The van der Waals surface area contributed by atoms with Crippen LogP contribution in [0.3, 0.4) is 0 Å². The molecule has 0 spiro atoms. The van der Waals surface area contributed by atoms with E-state index in [1.807, 2.05) is 17.0 Å². The molecule has 1 amide bonds. The van der Waals surface area contributed by atoms with Gasteiger partial charge in [0.15, 0.2) is 0 Å². The first-order valence-electron chi connectivity index (χ1n) is 6.33. The summed E-state index contributed by atoms with van der Waals surface area (Å²) in [5.41, 5.74) is 1.54. The first-order valence-corrected chi connectivity index (χ1v) is 6.33. The molecular formula is C14H14N4O. The number of amides is 1. The van der Waals surface area contributed by atoms with E-state index in [9.17, 15) is 4.79 Å². The Morgan fingerprint density at radius 1 is 1.16 bits per heavy atom. The molecular weight excluding hydrogens is 240 g/mol. The molecule has 0 radical (unpaired) electrons. The average molecular weight is 254 g/mol. The molecule has 3 heterocycles. The van der Waals surface area contributed by atoms with Crippen molar-refractivity contribution in [3.8, 4) is 0 Å². The molecule has 0 N–H and O–H groups in total. The molecule has 1 aliphatic heterocycles. The molecule has 0 unspecified atom stereocenters. The number of aromatic nitrogens is 3. The fourth-order valence-corrected chi connectivity index (χ4v) is 2.50. The lowest BCUT2D eigenvalue weighted by Crippen LogP contribution is -2.31.